The zero-order valence-corrected chi connectivity index (χ0v) is 8.90. The monoisotopic (exact) mass is 190 g/mol. The van der Waals surface area contributed by atoms with Crippen molar-refractivity contribution in [1.82, 2.24) is 10.3 Å². The molecule has 1 fully saturated rings. The van der Waals surface area contributed by atoms with Crippen LogP contribution in [0, 0.1) is 5.92 Å². The zero-order valence-electron chi connectivity index (χ0n) is 8.90. The molecule has 0 bridgehead atoms. The minimum atomic E-state index is 0.721. The molecule has 0 aliphatic heterocycles. The maximum Gasteiger partial charge on any atom is 0.0270 e. The molecule has 2 nitrogen and oxygen atoms in total. The molecule has 1 N–H and O–H groups in total. The van der Waals surface area contributed by atoms with Crippen molar-refractivity contribution >= 4 is 0 Å². The molecule has 0 saturated heterocycles. The fourth-order valence-corrected chi connectivity index (χ4v) is 2.60. The fourth-order valence-electron chi connectivity index (χ4n) is 2.60. The van der Waals surface area contributed by atoms with Crippen LogP contribution < -0.4 is 5.32 Å². The molecule has 76 valence electrons. The molecule has 2 heteroatoms. The van der Waals surface area contributed by atoms with Crippen LogP contribution >= 0.6 is 0 Å². The van der Waals surface area contributed by atoms with Crippen LogP contribution in [0.1, 0.15) is 31.2 Å². The van der Waals surface area contributed by atoms with Gasteiger partial charge in [0.15, 0.2) is 0 Å². The van der Waals surface area contributed by atoms with E-state index >= 15 is 0 Å². The lowest BCUT2D eigenvalue weighted by molar-refractivity contribution is 0.169. The summed E-state index contributed by atoms with van der Waals surface area (Å²) in [5, 5.41) is 3.39. The van der Waals surface area contributed by atoms with Crippen LogP contribution in [0.15, 0.2) is 24.5 Å². The highest BCUT2D eigenvalue weighted by Crippen LogP contribution is 2.44. The minimum Gasteiger partial charge on any atom is -0.317 e. The summed E-state index contributed by atoms with van der Waals surface area (Å²) in [5.41, 5.74) is 1.46. The van der Waals surface area contributed by atoms with E-state index in [0.717, 1.165) is 17.9 Å². The van der Waals surface area contributed by atoms with Gasteiger partial charge in [0.25, 0.3) is 0 Å². The summed E-state index contributed by atoms with van der Waals surface area (Å²) < 4.78 is 0. The van der Waals surface area contributed by atoms with Crippen LogP contribution in [0.25, 0.3) is 0 Å². The SMILES string of the molecule is CCC1C(NC)CC1c1ccncc1. The van der Waals surface area contributed by atoms with E-state index in [0.29, 0.717) is 0 Å². The molecule has 1 aliphatic carbocycles. The first-order valence-corrected chi connectivity index (χ1v) is 5.44. The molecule has 0 spiro atoms. The lowest BCUT2D eigenvalue weighted by atomic mass is 9.65. The fraction of sp³-hybridized carbons (Fsp3) is 0.583. The molecule has 1 heterocycles. The van der Waals surface area contributed by atoms with Crippen LogP contribution in [0.3, 0.4) is 0 Å². The second-order valence-corrected chi connectivity index (χ2v) is 4.09. The third kappa shape index (κ3) is 1.55. The van der Waals surface area contributed by atoms with E-state index in [1.807, 2.05) is 12.4 Å². The maximum atomic E-state index is 4.06. The lowest BCUT2D eigenvalue weighted by Gasteiger charge is -2.44. The van der Waals surface area contributed by atoms with E-state index in [1.165, 1.54) is 18.4 Å². The number of rotatable bonds is 3. The second-order valence-electron chi connectivity index (χ2n) is 4.09. The molecule has 0 aromatic carbocycles. The second kappa shape index (κ2) is 4.09. The van der Waals surface area contributed by atoms with Gasteiger partial charge in [-0.25, -0.2) is 0 Å². The Balaban J connectivity index is 2.08. The van der Waals surface area contributed by atoms with Gasteiger partial charge in [-0.15, -0.1) is 0 Å². The van der Waals surface area contributed by atoms with Crippen molar-refractivity contribution in [2.45, 2.75) is 31.7 Å². The molecule has 3 atom stereocenters. The van der Waals surface area contributed by atoms with E-state index in [2.05, 4.69) is 36.4 Å². The Bertz CT molecular complexity index is 284. The molecule has 1 aromatic heterocycles. The third-order valence-electron chi connectivity index (χ3n) is 3.52. The molecule has 14 heavy (non-hydrogen) atoms. The summed E-state index contributed by atoms with van der Waals surface area (Å²) >= 11 is 0. The predicted octanol–water partition coefficient (Wildman–Crippen LogP) is 2.18. The van der Waals surface area contributed by atoms with Crippen LogP contribution in [0.2, 0.25) is 0 Å². The number of hydrogen-bond donors (Lipinski definition) is 1. The average Bonchev–Trinajstić information content (AvgIpc) is 2.19. The van der Waals surface area contributed by atoms with Crippen molar-refractivity contribution in [2.24, 2.45) is 5.92 Å². The van der Waals surface area contributed by atoms with E-state index in [-0.39, 0.29) is 0 Å². The standard InChI is InChI=1S/C12H18N2/c1-3-10-11(8-12(10)13-2)9-4-6-14-7-5-9/h4-7,10-13H,3,8H2,1-2H3. The largest absolute Gasteiger partial charge is 0.317 e. The molecular weight excluding hydrogens is 172 g/mol. The summed E-state index contributed by atoms with van der Waals surface area (Å²) in [4.78, 5) is 4.06. The zero-order chi connectivity index (χ0) is 9.97. The van der Waals surface area contributed by atoms with Gasteiger partial charge in [0.05, 0.1) is 0 Å². The van der Waals surface area contributed by atoms with Crippen molar-refractivity contribution in [3.8, 4) is 0 Å². The Morgan fingerprint density at radius 1 is 1.43 bits per heavy atom. The van der Waals surface area contributed by atoms with E-state index in [9.17, 15) is 0 Å². The minimum absolute atomic E-state index is 0.721. The van der Waals surface area contributed by atoms with E-state index in [1.54, 1.807) is 0 Å². The van der Waals surface area contributed by atoms with Gasteiger partial charge in [-0.3, -0.25) is 4.98 Å². The van der Waals surface area contributed by atoms with Crippen LogP contribution in [0.5, 0.6) is 0 Å². The Hall–Kier alpha value is -0.890. The molecule has 2 rings (SSSR count). The summed E-state index contributed by atoms with van der Waals surface area (Å²) in [5.74, 6) is 1.56. The van der Waals surface area contributed by atoms with Gasteiger partial charge in [0, 0.05) is 18.4 Å². The highest BCUT2D eigenvalue weighted by Gasteiger charge is 2.39. The first kappa shape index (κ1) is 9.66. The van der Waals surface area contributed by atoms with Crippen molar-refractivity contribution in [3.05, 3.63) is 30.1 Å². The van der Waals surface area contributed by atoms with E-state index < -0.39 is 0 Å². The topological polar surface area (TPSA) is 24.9 Å². The van der Waals surface area contributed by atoms with Crippen LogP contribution in [-0.2, 0) is 0 Å². The number of hydrogen-bond acceptors (Lipinski definition) is 2. The van der Waals surface area contributed by atoms with Gasteiger partial charge in [0.2, 0.25) is 0 Å². The summed E-state index contributed by atoms with van der Waals surface area (Å²) in [7, 11) is 2.07. The molecule has 0 radical (unpaired) electrons. The van der Waals surface area contributed by atoms with Crippen molar-refractivity contribution in [2.75, 3.05) is 7.05 Å². The number of pyridine rings is 1. The Labute approximate surface area is 85.7 Å². The number of aromatic nitrogens is 1. The molecule has 3 unspecified atom stereocenters. The normalized spacial score (nSPS) is 31.1. The maximum absolute atomic E-state index is 4.06. The lowest BCUT2D eigenvalue weighted by Crippen LogP contribution is -2.47. The summed E-state index contributed by atoms with van der Waals surface area (Å²) in [6.07, 6.45) is 6.33. The number of nitrogens with one attached hydrogen (secondary N) is 1. The average molecular weight is 190 g/mol. The van der Waals surface area contributed by atoms with Crippen LogP contribution in [0.4, 0.5) is 0 Å². The van der Waals surface area contributed by atoms with Gasteiger partial charge in [-0.05, 0) is 43.0 Å². The van der Waals surface area contributed by atoms with Gasteiger partial charge < -0.3 is 5.32 Å². The first-order chi connectivity index (χ1) is 6.86. The van der Waals surface area contributed by atoms with Crippen molar-refractivity contribution in [3.63, 3.8) is 0 Å². The Morgan fingerprint density at radius 3 is 2.71 bits per heavy atom. The number of nitrogens with zero attached hydrogens (tertiary/aromatic N) is 1. The highest BCUT2D eigenvalue weighted by molar-refractivity contribution is 5.22. The highest BCUT2D eigenvalue weighted by atomic mass is 14.9. The van der Waals surface area contributed by atoms with Crippen LogP contribution in [-0.4, -0.2) is 18.1 Å². The molecule has 1 aromatic rings. The molecule has 1 saturated carbocycles. The summed E-state index contributed by atoms with van der Waals surface area (Å²) in [6, 6.07) is 5.02. The van der Waals surface area contributed by atoms with Crippen molar-refractivity contribution < 1.29 is 0 Å². The molecule has 1 aliphatic rings. The molecule has 0 amide bonds. The first-order valence-electron chi connectivity index (χ1n) is 5.44. The van der Waals surface area contributed by atoms with E-state index in [4.69, 9.17) is 0 Å². The van der Waals surface area contributed by atoms with Gasteiger partial charge in [-0.2, -0.15) is 0 Å². The molecular formula is C12H18N2. The van der Waals surface area contributed by atoms with Gasteiger partial charge in [-0.1, -0.05) is 13.3 Å². The van der Waals surface area contributed by atoms with Gasteiger partial charge in [0.1, 0.15) is 0 Å². The van der Waals surface area contributed by atoms with Crippen molar-refractivity contribution in [1.29, 1.82) is 0 Å². The quantitative estimate of drug-likeness (QED) is 0.790. The summed E-state index contributed by atoms with van der Waals surface area (Å²) in [6.45, 7) is 2.28. The predicted molar refractivity (Wildman–Crippen MR) is 58.2 cm³/mol. The Kier molecular flexibility index (Phi) is 2.82. The third-order valence-corrected chi connectivity index (χ3v) is 3.52. The smallest absolute Gasteiger partial charge is 0.0270 e. The van der Waals surface area contributed by atoms with Gasteiger partial charge >= 0.3 is 0 Å². The Morgan fingerprint density at radius 2 is 2.14 bits per heavy atom.